The van der Waals surface area contributed by atoms with Crippen molar-refractivity contribution in [1.29, 1.82) is 0 Å². The summed E-state index contributed by atoms with van der Waals surface area (Å²) >= 11 is 6.39. The molecule has 0 N–H and O–H groups in total. The number of benzene rings is 4. The molecule has 0 saturated carbocycles. The lowest BCUT2D eigenvalue weighted by Gasteiger charge is -2.12. The van der Waals surface area contributed by atoms with Crippen LogP contribution in [0.1, 0.15) is 0 Å². The third-order valence-electron chi connectivity index (χ3n) is 5.04. The fourth-order valence-electron chi connectivity index (χ4n) is 3.54. The Bertz CT molecular complexity index is 1520. The number of nitrogens with zero attached hydrogens (tertiary/aromatic N) is 2. The number of aromatic nitrogens is 2. The SMILES string of the molecule is O=S(=O)(Oc1cc(-c2ccccc2)nn1-c1ccccc1Cl)c1cccc2ccccc12. The lowest BCUT2D eigenvalue weighted by Crippen LogP contribution is -2.13. The summed E-state index contributed by atoms with van der Waals surface area (Å²) < 4.78 is 33.7. The van der Waals surface area contributed by atoms with Crippen LogP contribution in [0.15, 0.2) is 108 Å². The van der Waals surface area contributed by atoms with Crippen molar-refractivity contribution in [3.05, 3.63) is 108 Å². The molecule has 0 bridgehead atoms. The number of hydrogen-bond acceptors (Lipinski definition) is 4. The molecule has 1 aromatic heterocycles. The second-order valence-electron chi connectivity index (χ2n) is 7.11. The highest BCUT2D eigenvalue weighted by atomic mass is 35.5. The van der Waals surface area contributed by atoms with Gasteiger partial charge in [-0.15, -0.1) is 0 Å². The molecule has 7 heteroatoms. The average molecular weight is 461 g/mol. The maximum Gasteiger partial charge on any atom is 0.341 e. The van der Waals surface area contributed by atoms with E-state index in [2.05, 4.69) is 5.10 Å². The van der Waals surface area contributed by atoms with E-state index in [-0.39, 0.29) is 10.8 Å². The van der Waals surface area contributed by atoms with E-state index in [4.69, 9.17) is 15.8 Å². The van der Waals surface area contributed by atoms with Gasteiger partial charge in [0.25, 0.3) is 0 Å². The summed E-state index contributed by atoms with van der Waals surface area (Å²) in [6, 6.07) is 30.5. The first kappa shape index (κ1) is 20.3. The van der Waals surface area contributed by atoms with Gasteiger partial charge in [-0.3, -0.25) is 0 Å². The molecule has 5 rings (SSSR count). The van der Waals surface area contributed by atoms with E-state index in [1.165, 1.54) is 10.7 Å². The van der Waals surface area contributed by atoms with E-state index in [0.717, 1.165) is 10.9 Å². The quantitative estimate of drug-likeness (QED) is 0.297. The Hall–Kier alpha value is -3.61. The molecule has 0 amide bonds. The predicted molar refractivity (Wildman–Crippen MR) is 126 cm³/mol. The molecule has 158 valence electrons. The zero-order valence-electron chi connectivity index (χ0n) is 16.7. The number of fused-ring (bicyclic) bond motifs is 1. The Morgan fingerprint density at radius 3 is 2.28 bits per heavy atom. The Morgan fingerprint density at radius 1 is 0.781 bits per heavy atom. The van der Waals surface area contributed by atoms with Crippen LogP contribution >= 0.6 is 11.6 Å². The van der Waals surface area contributed by atoms with Crippen molar-refractivity contribution in [2.75, 3.05) is 0 Å². The smallest absolute Gasteiger partial charge is 0.341 e. The van der Waals surface area contributed by atoms with Gasteiger partial charge < -0.3 is 4.18 Å². The first-order chi connectivity index (χ1) is 15.5. The van der Waals surface area contributed by atoms with Gasteiger partial charge >= 0.3 is 10.1 Å². The predicted octanol–water partition coefficient (Wildman–Crippen LogP) is 6.11. The van der Waals surface area contributed by atoms with Crippen molar-refractivity contribution in [3.8, 4) is 22.8 Å². The van der Waals surface area contributed by atoms with Gasteiger partial charge in [0.1, 0.15) is 4.90 Å². The highest BCUT2D eigenvalue weighted by Gasteiger charge is 2.24. The highest BCUT2D eigenvalue weighted by molar-refractivity contribution is 7.87. The molecule has 4 aromatic carbocycles. The molecule has 0 aliphatic rings. The van der Waals surface area contributed by atoms with Crippen LogP contribution in [-0.4, -0.2) is 18.2 Å². The van der Waals surface area contributed by atoms with Gasteiger partial charge in [0.15, 0.2) is 0 Å². The molecule has 0 spiro atoms. The standard InChI is InChI=1S/C25H17ClN2O3S/c26-21-14-6-7-15-23(21)28-25(17-22(27-28)19-10-2-1-3-11-19)31-32(29,30)24-16-8-12-18-9-4-5-13-20(18)24/h1-17H. The van der Waals surface area contributed by atoms with Crippen molar-refractivity contribution in [3.63, 3.8) is 0 Å². The van der Waals surface area contributed by atoms with Gasteiger partial charge in [-0.25, -0.2) is 0 Å². The average Bonchev–Trinajstić information content (AvgIpc) is 3.22. The molecule has 0 saturated heterocycles. The van der Waals surface area contributed by atoms with E-state index in [0.29, 0.717) is 21.8 Å². The Balaban J connectivity index is 1.65. The van der Waals surface area contributed by atoms with Crippen molar-refractivity contribution in [2.45, 2.75) is 4.90 Å². The molecular formula is C25H17ClN2O3S. The second kappa shape index (κ2) is 8.15. The minimum atomic E-state index is -4.16. The van der Waals surface area contributed by atoms with Gasteiger partial charge in [0.05, 0.1) is 16.4 Å². The molecule has 5 nitrogen and oxygen atoms in total. The molecule has 0 atom stereocenters. The lowest BCUT2D eigenvalue weighted by atomic mass is 10.1. The van der Waals surface area contributed by atoms with E-state index >= 15 is 0 Å². The molecule has 0 unspecified atom stereocenters. The first-order valence-electron chi connectivity index (χ1n) is 9.85. The maximum absolute atomic E-state index is 13.3. The number of rotatable bonds is 5. The summed E-state index contributed by atoms with van der Waals surface area (Å²) in [6.07, 6.45) is 0. The minimum absolute atomic E-state index is 0.0462. The topological polar surface area (TPSA) is 61.2 Å². The molecule has 5 aromatic rings. The number of halogens is 1. The van der Waals surface area contributed by atoms with Crippen LogP contribution in [0.3, 0.4) is 0 Å². The Morgan fingerprint density at radius 2 is 1.47 bits per heavy atom. The fraction of sp³-hybridized carbons (Fsp3) is 0. The van der Waals surface area contributed by atoms with Crippen molar-refractivity contribution < 1.29 is 12.6 Å². The zero-order valence-corrected chi connectivity index (χ0v) is 18.3. The largest absolute Gasteiger partial charge is 0.358 e. The monoisotopic (exact) mass is 460 g/mol. The molecule has 32 heavy (non-hydrogen) atoms. The minimum Gasteiger partial charge on any atom is -0.358 e. The van der Waals surface area contributed by atoms with E-state index in [9.17, 15) is 8.42 Å². The molecule has 0 radical (unpaired) electrons. The van der Waals surface area contributed by atoms with Gasteiger partial charge in [-0.1, -0.05) is 90.5 Å². The summed E-state index contributed by atoms with van der Waals surface area (Å²) in [4.78, 5) is 0.0868. The van der Waals surface area contributed by atoms with Gasteiger partial charge in [0.2, 0.25) is 5.88 Å². The number of hydrogen-bond donors (Lipinski definition) is 0. The molecular weight excluding hydrogens is 444 g/mol. The maximum atomic E-state index is 13.3. The van der Waals surface area contributed by atoms with Gasteiger partial charge in [-0.2, -0.15) is 18.2 Å². The zero-order chi connectivity index (χ0) is 22.1. The van der Waals surface area contributed by atoms with Crippen molar-refractivity contribution in [2.24, 2.45) is 0 Å². The van der Waals surface area contributed by atoms with Crippen LogP contribution in [0.5, 0.6) is 5.88 Å². The molecule has 0 aliphatic carbocycles. The summed E-state index contributed by atoms with van der Waals surface area (Å²) in [5, 5.41) is 6.41. The van der Waals surface area contributed by atoms with Crippen LogP contribution in [-0.2, 0) is 10.1 Å². The third-order valence-corrected chi connectivity index (χ3v) is 6.65. The molecule has 0 fully saturated rings. The molecule has 0 aliphatic heterocycles. The Labute approximate surface area is 190 Å². The number of para-hydroxylation sites is 1. The van der Waals surface area contributed by atoms with Gasteiger partial charge in [0, 0.05) is 17.0 Å². The molecule has 1 heterocycles. The lowest BCUT2D eigenvalue weighted by molar-refractivity contribution is 0.466. The summed E-state index contributed by atoms with van der Waals surface area (Å²) in [5.41, 5.74) is 1.90. The van der Waals surface area contributed by atoms with Crippen LogP contribution in [0.25, 0.3) is 27.7 Å². The van der Waals surface area contributed by atoms with Crippen molar-refractivity contribution >= 4 is 32.5 Å². The van der Waals surface area contributed by atoms with Crippen molar-refractivity contribution in [1.82, 2.24) is 9.78 Å². The summed E-state index contributed by atoms with van der Waals surface area (Å²) in [6.45, 7) is 0. The fourth-order valence-corrected chi connectivity index (χ4v) is 4.89. The third kappa shape index (κ3) is 3.75. The van der Waals surface area contributed by atoms with E-state index in [1.54, 1.807) is 48.5 Å². The Kier molecular flexibility index (Phi) is 5.17. The van der Waals surface area contributed by atoms with Crippen LogP contribution in [0, 0.1) is 0 Å². The van der Waals surface area contributed by atoms with E-state index < -0.39 is 10.1 Å². The normalized spacial score (nSPS) is 11.5. The second-order valence-corrected chi connectivity index (χ2v) is 9.03. The van der Waals surface area contributed by atoms with E-state index in [1.807, 2.05) is 48.5 Å². The van der Waals surface area contributed by atoms with Crippen LogP contribution in [0.2, 0.25) is 5.02 Å². The van der Waals surface area contributed by atoms with Gasteiger partial charge in [-0.05, 0) is 23.6 Å². The summed E-state index contributed by atoms with van der Waals surface area (Å²) in [5.74, 6) is 0.0462. The van der Waals surface area contributed by atoms with Crippen LogP contribution < -0.4 is 4.18 Å². The first-order valence-corrected chi connectivity index (χ1v) is 11.6. The highest BCUT2D eigenvalue weighted by Crippen LogP contribution is 2.32. The summed E-state index contributed by atoms with van der Waals surface area (Å²) in [7, 11) is -4.16. The van der Waals surface area contributed by atoms with Crippen LogP contribution in [0.4, 0.5) is 0 Å².